The van der Waals surface area contributed by atoms with Crippen molar-refractivity contribution >= 4 is 27.3 Å². The van der Waals surface area contributed by atoms with Crippen molar-refractivity contribution in [1.29, 1.82) is 0 Å². The monoisotopic (exact) mass is 291 g/mol. The fourth-order valence-electron chi connectivity index (χ4n) is 1.80. The summed E-state index contributed by atoms with van der Waals surface area (Å²) in [5.74, 6) is -1.23. The second-order valence-corrected chi connectivity index (χ2v) is 6.66. The van der Waals surface area contributed by atoms with Gasteiger partial charge >= 0.3 is 5.97 Å². The van der Waals surface area contributed by atoms with Crippen LogP contribution in [-0.4, -0.2) is 38.7 Å². The van der Waals surface area contributed by atoms with Gasteiger partial charge in [0.15, 0.2) is 0 Å². The number of carboxylic acids is 1. The summed E-state index contributed by atoms with van der Waals surface area (Å²) < 4.78 is 31.6. The summed E-state index contributed by atoms with van der Waals surface area (Å²) in [4.78, 5) is 10.6. The Morgan fingerprint density at radius 2 is 2.22 bits per heavy atom. The van der Waals surface area contributed by atoms with Crippen LogP contribution in [0, 0.1) is 0 Å². The number of carbonyl (C=O) groups is 1. The van der Waals surface area contributed by atoms with Gasteiger partial charge in [-0.1, -0.05) is 0 Å². The molecule has 1 aliphatic carbocycles. The predicted octanol–water partition coefficient (Wildman–Crippen LogP) is 0.902. The zero-order valence-corrected chi connectivity index (χ0v) is 11.3. The van der Waals surface area contributed by atoms with Gasteiger partial charge < -0.3 is 9.84 Å². The maximum atomic E-state index is 12.0. The molecule has 0 unspecified atom stereocenters. The average molecular weight is 291 g/mol. The van der Waals surface area contributed by atoms with Crippen molar-refractivity contribution in [1.82, 2.24) is 4.72 Å². The molecule has 2 rings (SSSR count). The molecule has 2 N–H and O–H groups in total. The van der Waals surface area contributed by atoms with E-state index < -0.39 is 16.0 Å². The van der Waals surface area contributed by atoms with Crippen molar-refractivity contribution in [2.24, 2.45) is 0 Å². The molecule has 0 amide bonds. The minimum atomic E-state index is -3.76. The Morgan fingerprint density at radius 1 is 1.56 bits per heavy atom. The smallest absolute Gasteiger partial charge is 0.347 e. The second kappa shape index (κ2) is 4.96. The summed E-state index contributed by atoms with van der Waals surface area (Å²) in [5.41, 5.74) is 0. The van der Waals surface area contributed by atoms with Crippen LogP contribution in [0.4, 0.5) is 0 Å². The summed E-state index contributed by atoms with van der Waals surface area (Å²) in [6.07, 6.45) is 1.31. The van der Waals surface area contributed by atoms with Gasteiger partial charge in [-0.25, -0.2) is 17.9 Å². The average Bonchev–Trinajstić information content (AvgIpc) is 2.72. The number of hydrogen-bond acceptors (Lipinski definition) is 5. The van der Waals surface area contributed by atoms with Crippen LogP contribution < -0.4 is 4.72 Å². The highest BCUT2D eigenvalue weighted by atomic mass is 32.2. The van der Waals surface area contributed by atoms with Gasteiger partial charge in [0.25, 0.3) is 0 Å². The topological polar surface area (TPSA) is 92.7 Å². The second-order valence-electron chi connectivity index (χ2n) is 4.07. The SMILES string of the molecule is COC1CC(NS(=O)(=O)c2ccsc2C(=O)O)C1. The highest BCUT2D eigenvalue weighted by Crippen LogP contribution is 2.27. The lowest BCUT2D eigenvalue weighted by Gasteiger charge is -2.34. The minimum absolute atomic E-state index is 0.0825. The summed E-state index contributed by atoms with van der Waals surface area (Å²) in [5, 5.41) is 10.4. The molecule has 0 atom stereocenters. The molecular weight excluding hydrogens is 278 g/mol. The van der Waals surface area contributed by atoms with E-state index in [1.807, 2.05) is 0 Å². The molecule has 1 fully saturated rings. The van der Waals surface area contributed by atoms with E-state index in [9.17, 15) is 13.2 Å². The lowest BCUT2D eigenvalue weighted by molar-refractivity contribution is 0.0236. The Balaban J connectivity index is 2.12. The molecule has 18 heavy (non-hydrogen) atoms. The molecule has 1 aromatic rings. The first-order chi connectivity index (χ1) is 8.44. The third-order valence-electron chi connectivity index (χ3n) is 2.86. The van der Waals surface area contributed by atoms with E-state index >= 15 is 0 Å². The minimum Gasteiger partial charge on any atom is -0.477 e. The van der Waals surface area contributed by atoms with Crippen molar-refractivity contribution in [2.75, 3.05) is 7.11 Å². The molecule has 8 heteroatoms. The first kappa shape index (κ1) is 13.5. The first-order valence-electron chi connectivity index (χ1n) is 5.30. The van der Waals surface area contributed by atoms with Crippen LogP contribution in [0.3, 0.4) is 0 Å². The molecule has 1 heterocycles. The van der Waals surface area contributed by atoms with Crippen LogP contribution in [0.15, 0.2) is 16.3 Å². The van der Waals surface area contributed by atoms with Gasteiger partial charge in [-0.2, -0.15) is 0 Å². The fourth-order valence-corrected chi connectivity index (χ4v) is 4.32. The maximum absolute atomic E-state index is 12.0. The van der Waals surface area contributed by atoms with Crippen LogP contribution in [0.5, 0.6) is 0 Å². The summed E-state index contributed by atoms with van der Waals surface area (Å²) >= 11 is 0.899. The first-order valence-corrected chi connectivity index (χ1v) is 7.66. The lowest BCUT2D eigenvalue weighted by Crippen LogP contribution is -2.47. The molecule has 0 aliphatic heterocycles. The number of ether oxygens (including phenoxy) is 1. The van der Waals surface area contributed by atoms with Crippen LogP contribution in [0.1, 0.15) is 22.5 Å². The zero-order valence-electron chi connectivity index (χ0n) is 9.62. The summed E-state index contributed by atoms with van der Waals surface area (Å²) in [6, 6.07) is 1.13. The summed E-state index contributed by atoms with van der Waals surface area (Å²) in [7, 11) is -2.18. The molecule has 0 saturated heterocycles. The van der Waals surface area contributed by atoms with Gasteiger partial charge in [0.2, 0.25) is 10.0 Å². The van der Waals surface area contributed by atoms with Crippen molar-refractivity contribution in [3.8, 4) is 0 Å². The van der Waals surface area contributed by atoms with E-state index in [1.54, 1.807) is 7.11 Å². The van der Waals surface area contributed by atoms with Crippen LogP contribution >= 0.6 is 11.3 Å². The number of thiophene rings is 1. The highest BCUT2D eigenvalue weighted by molar-refractivity contribution is 7.89. The van der Waals surface area contributed by atoms with Crippen LogP contribution in [-0.2, 0) is 14.8 Å². The Kier molecular flexibility index (Phi) is 3.71. The molecule has 1 saturated carbocycles. The maximum Gasteiger partial charge on any atom is 0.347 e. The zero-order chi connectivity index (χ0) is 13.3. The number of sulfonamides is 1. The highest BCUT2D eigenvalue weighted by Gasteiger charge is 2.34. The molecule has 6 nitrogen and oxygen atoms in total. The molecule has 0 bridgehead atoms. The lowest BCUT2D eigenvalue weighted by atomic mass is 9.90. The Labute approximate surface area is 109 Å². The number of aromatic carboxylic acids is 1. The molecule has 1 aromatic heterocycles. The fraction of sp³-hybridized carbons (Fsp3) is 0.500. The Hall–Kier alpha value is -0.960. The number of methoxy groups -OCH3 is 1. The molecule has 100 valence electrons. The predicted molar refractivity (Wildman–Crippen MR) is 65.4 cm³/mol. The van der Waals surface area contributed by atoms with E-state index in [4.69, 9.17) is 9.84 Å². The van der Waals surface area contributed by atoms with Gasteiger partial charge in [-0.15, -0.1) is 11.3 Å². The normalized spacial score (nSPS) is 23.6. The molecule has 1 aliphatic rings. The molecule has 0 radical (unpaired) electrons. The number of rotatable bonds is 5. The number of carboxylic acid groups (broad SMARTS) is 1. The van der Waals surface area contributed by atoms with Crippen molar-refractivity contribution < 1.29 is 23.1 Å². The van der Waals surface area contributed by atoms with Gasteiger partial charge in [0.05, 0.1) is 6.10 Å². The quantitative estimate of drug-likeness (QED) is 0.841. The molecule has 0 aromatic carbocycles. The van der Waals surface area contributed by atoms with Gasteiger partial charge in [-0.3, -0.25) is 0 Å². The Morgan fingerprint density at radius 3 is 2.78 bits per heavy atom. The largest absolute Gasteiger partial charge is 0.477 e. The van der Waals surface area contributed by atoms with E-state index in [0.29, 0.717) is 12.8 Å². The van der Waals surface area contributed by atoms with Crippen molar-refractivity contribution in [3.63, 3.8) is 0 Å². The van der Waals surface area contributed by atoms with Gasteiger partial charge in [-0.05, 0) is 24.3 Å². The van der Waals surface area contributed by atoms with Gasteiger partial charge in [0.1, 0.15) is 9.77 Å². The van der Waals surface area contributed by atoms with E-state index in [-0.39, 0.29) is 21.9 Å². The van der Waals surface area contributed by atoms with Crippen LogP contribution in [0.2, 0.25) is 0 Å². The third kappa shape index (κ3) is 2.56. The van der Waals surface area contributed by atoms with E-state index in [2.05, 4.69) is 4.72 Å². The number of nitrogens with one attached hydrogen (secondary N) is 1. The van der Waals surface area contributed by atoms with Crippen LogP contribution in [0.25, 0.3) is 0 Å². The third-order valence-corrected chi connectivity index (χ3v) is 5.46. The molecular formula is C10H13NO5S2. The van der Waals surface area contributed by atoms with E-state index in [1.165, 1.54) is 11.4 Å². The Bertz CT molecular complexity index is 544. The van der Waals surface area contributed by atoms with Gasteiger partial charge in [0, 0.05) is 13.2 Å². The number of hydrogen-bond donors (Lipinski definition) is 2. The van der Waals surface area contributed by atoms with E-state index in [0.717, 1.165) is 11.3 Å². The standard InChI is InChI=1S/C10H13NO5S2/c1-16-7-4-6(5-7)11-18(14,15)8-2-3-17-9(8)10(12)13/h2-3,6-7,11H,4-5H2,1H3,(H,12,13). The molecule has 0 spiro atoms. The summed E-state index contributed by atoms with van der Waals surface area (Å²) in [6.45, 7) is 0. The van der Waals surface area contributed by atoms with Crippen molar-refractivity contribution in [2.45, 2.75) is 29.9 Å². The van der Waals surface area contributed by atoms with Crippen molar-refractivity contribution in [3.05, 3.63) is 16.3 Å².